The molecule has 2 aromatic heterocycles. The van der Waals surface area contributed by atoms with Gasteiger partial charge in [0.05, 0.1) is 11.1 Å². The van der Waals surface area contributed by atoms with Gasteiger partial charge in [0.25, 0.3) is 0 Å². The second kappa shape index (κ2) is 5.18. The van der Waals surface area contributed by atoms with E-state index in [1.54, 1.807) is 0 Å². The Balaban J connectivity index is 1.78. The molecule has 0 atom stereocenters. The van der Waals surface area contributed by atoms with Gasteiger partial charge in [0, 0.05) is 18.2 Å². The van der Waals surface area contributed by atoms with Crippen LogP contribution in [-0.4, -0.2) is 19.7 Å². The highest BCUT2D eigenvalue weighted by molar-refractivity contribution is 5.27. The molecule has 2 heterocycles. The molecule has 0 bridgehead atoms. The number of aromatic nitrogens is 4. The Morgan fingerprint density at radius 1 is 1.05 bits per heavy atom. The molecule has 4 heteroatoms. The Kier molecular flexibility index (Phi) is 3.28. The quantitative estimate of drug-likeness (QED) is 0.856. The van der Waals surface area contributed by atoms with Crippen LogP contribution in [0.1, 0.15) is 81.7 Å². The molecule has 0 N–H and O–H groups in total. The predicted octanol–water partition coefficient (Wildman–Crippen LogP) is 3.99. The summed E-state index contributed by atoms with van der Waals surface area (Å²) >= 11 is 0. The maximum absolute atomic E-state index is 4.64. The topological polar surface area (TPSA) is 43.6 Å². The van der Waals surface area contributed by atoms with Gasteiger partial charge in [-0.2, -0.15) is 0 Å². The SMILES string of the molecule is CC(C)(c1ccccn1)c1nnc(C2CCCC2)n1C1CC1. The highest BCUT2D eigenvalue weighted by Gasteiger charge is 2.39. The molecule has 2 aliphatic rings. The summed E-state index contributed by atoms with van der Waals surface area (Å²) in [7, 11) is 0. The van der Waals surface area contributed by atoms with E-state index in [1.807, 2.05) is 12.3 Å². The number of rotatable bonds is 4. The van der Waals surface area contributed by atoms with Gasteiger partial charge in [0.2, 0.25) is 0 Å². The minimum absolute atomic E-state index is 0.201. The highest BCUT2D eigenvalue weighted by Crippen LogP contribution is 2.44. The van der Waals surface area contributed by atoms with Crippen molar-refractivity contribution in [1.29, 1.82) is 0 Å². The van der Waals surface area contributed by atoms with Gasteiger partial charge in [0.15, 0.2) is 0 Å². The molecule has 0 unspecified atom stereocenters. The van der Waals surface area contributed by atoms with Crippen molar-refractivity contribution in [1.82, 2.24) is 19.7 Å². The third-order valence-electron chi connectivity index (χ3n) is 5.22. The van der Waals surface area contributed by atoms with Crippen LogP contribution < -0.4 is 0 Å². The standard InChI is InChI=1S/C18H24N4/c1-18(2,15-9-5-6-12-19-15)17-21-20-16(13-7-3-4-8-13)22(17)14-10-11-14/h5-6,9,12-14H,3-4,7-8,10-11H2,1-2H3. The van der Waals surface area contributed by atoms with E-state index in [2.05, 4.69) is 45.7 Å². The minimum Gasteiger partial charge on any atom is -0.311 e. The lowest BCUT2D eigenvalue weighted by molar-refractivity contribution is 0.502. The van der Waals surface area contributed by atoms with E-state index in [0.717, 1.165) is 11.5 Å². The van der Waals surface area contributed by atoms with E-state index in [0.29, 0.717) is 12.0 Å². The summed E-state index contributed by atoms with van der Waals surface area (Å²) in [5.41, 5.74) is 0.871. The van der Waals surface area contributed by atoms with Crippen LogP contribution in [0.15, 0.2) is 24.4 Å². The number of nitrogens with zero attached hydrogens (tertiary/aromatic N) is 4. The molecule has 0 saturated heterocycles. The van der Waals surface area contributed by atoms with E-state index in [4.69, 9.17) is 0 Å². The van der Waals surface area contributed by atoms with Crippen molar-refractivity contribution >= 4 is 0 Å². The third-order valence-corrected chi connectivity index (χ3v) is 5.22. The van der Waals surface area contributed by atoms with E-state index >= 15 is 0 Å². The van der Waals surface area contributed by atoms with Crippen LogP contribution in [-0.2, 0) is 5.41 Å². The maximum atomic E-state index is 4.64. The van der Waals surface area contributed by atoms with Crippen LogP contribution in [0.25, 0.3) is 0 Å². The lowest BCUT2D eigenvalue weighted by Crippen LogP contribution is -2.26. The molecule has 2 saturated carbocycles. The van der Waals surface area contributed by atoms with Gasteiger partial charge in [-0.1, -0.05) is 18.9 Å². The molecule has 0 aromatic carbocycles. The average Bonchev–Trinajstić information content (AvgIpc) is 3.05. The molecule has 4 nitrogen and oxygen atoms in total. The van der Waals surface area contributed by atoms with Crippen LogP contribution in [0, 0.1) is 0 Å². The lowest BCUT2D eigenvalue weighted by Gasteiger charge is -2.25. The molecule has 0 spiro atoms. The molecule has 0 radical (unpaired) electrons. The van der Waals surface area contributed by atoms with Gasteiger partial charge >= 0.3 is 0 Å². The molecular formula is C18H24N4. The molecule has 4 rings (SSSR count). The zero-order valence-electron chi connectivity index (χ0n) is 13.5. The average molecular weight is 296 g/mol. The van der Waals surface area contributed by atoms with Crippen molar-refractivity contribution in [2.24, 2.45) is 0 Å². The molecule has 0 amide bonds. The highest BCUT2D eigenvalue weighted by atomic mass is 15.3. The lowest BCUT2D eigenvalue weighted by atomic mass is 9.87. The van der Waals surface area contributed by atoms with Crippen LogP contribution in [0.5, 0.6) is 0 Å². The van der Waals surface area contributed by atoms with E-state index < -0.39 is 0 Å². The summed E-state index contributed by atoms with van der Waals surface area (Å²) in [6, 6.07) is 6.74. The maximum Gasteiger partial charge on any atom is 0.145 e. The first kappa shape index (κ1) is 13.9. The molecule has 2 fully saturated rings. The number of hydrogen-bond donors (Lipinski definition) is 0. The van der Waals surface area contributed by atoms with Gasteiger partial charge < -0.3 is 4.57 Å². The Hall–Kier alpha value is -1.71. The number of hydrogen-bond acceptors (Lipinski definition) is 3. The van der Waals surface area contributed by atoms with Crippen molar-refractivity contribution in [3.05, 3.63) is 41.7 Å². The van der Waals surface area contributed by atoms with Gasteiger partial charge in [0.1, 0.15) is 11.6 Å². The fraction of sp³-hybridized carbons (Fsp3) is 0.611. The zero-order chi connectivity index (χ0) is 15.2. The van der Waals surface area contributed by atoms with Crippen molar-refractivity contribution in [3.8, 4) is 0 Å². The molecular weight excluding hydrogens is 272 g/mol. The zero-order valence-corrected chi connectivity index (χ0v) is 13.5. The second-order valence-corrected chi connectivity index (χ2v) is 7.30. The van der Waals surface area contributed by atoms with Crippen molar-refractivity contribution in [2.75, 3.05) is 0 Å². The van der Waals surface area contributed by atoms with E-state index in [-0.39, 0.29) is 5.41 Å². The first-order chi connectivity index (χ1) is 10.7. The molecule has 116 valence electrons. The Labute approximate surface area is 132 Å². The van der Waals surface area contributed by atoms with Crippen molar-refractivity contribution < 1.29 is 0 Å². The smallest absolute Gasteiger partial charge is 0.145 e. The summed E-state index contributed by atoms with van der Waals surface area (Å²) in [6.07, 6.45) is 9.62. The van der Waals surface area contributed by atoms with Crippen LogP contribution in [0.2, 0.25) is 0 Å². The van der Waals surface area contributed by atoms with Gasteiger partial charge in [-0.05, 0) is 51.7 Å². The summed E-state index contributed by atoms with van der Waals surface area (Å²) in [6.45, 7) is 4.44. The van der Waals surface area contributed by atoms with Crippen molar-refractivity contribution in [3.63, 3.8) is 0 Å². The Morgan fingerprint density at radius 3 is 2.45 bits per heavy atom. The van der Waals surface area contributed by atoms with Crippen LogP contribution in [0.3, 0.4) is 0 Å². The summed E-state index contributed by atoms with van der Waals surface area (Å²) in [4.78, 5) is 4.57. The van der Waals surface area contributed by atoms with Gasteiger partial charge in [-0.3, -0.25) is 4.98 Å². The normalized spacial score (nSPS) is 19.7. The Bertz CT molecular complexity index is 649. The first-order valence-electron chi connectivity index (χ1n) is 8.54. The summed E-state index contributed by atoms with van der Waals surface area (Å²) in [5, 5.41) is 9.28. The molecule has 0 aliphatic heterocycles. The summed E-state index contributed by atoms with van der Waals surface area (Å²) in [5.74, 6) is 2.94. The van der Waals surface area contributed by atoms with E-state index in [9.17, 15) is 0 Å². The fourth-order valence-corrected chi connectivity index (χ4v) is 3.73. The minimum atomic E-state index is -0.201. The first-order valence-corrected chi connectivity index (χ1v) is 8.54. The van der Waals surface area contributed by atoms with Gasteiger partial charge in [-0.15, -0.1) is 10.2 Å². The third kappa shape index (κ3) is 2.25. The molecule has 2 aliphatic carbocycles. The van der Waals surface area contributed by atoms with Crippen LogP contribution >= 0.6 is 0 Å². The monoisotopic (exact) mass is 296 g/mol. The van der Waals surface area contributed by atoms with E-state index in [1.165, 1.54) is 44.3 Å². The fourth-order valence-electron chi connectivity index (χ4n) is 3.73. The summed E-state index contributed by atoms with van der Waals surface area (Å²) < 4.78 is 2.46. The Morgan fingerprint density at radius 2 is 1.82 bits per heavy atom. The second-order valence-electron chi connectivity index (χ2n) is 7.30. The van der Waals surface area contributed by atoms with Crippen LogP contribution in [0.4, 0.5) is 0 Å². The predicted molar refractivity (Wildman–Crippen MR) is 85.9 cm³/mol. The largest absolute Gasteiger partial charge is 0.311 e. The van der Waals surface area contributed by atoms with Gasteiger partial charge in [-0.25, -0.2) is 0 Å². The molecule has 22 heavy (non-hydrogen) atoms. The number of pyridine rings is 1. The molecule has 2 aromatic rings. The van der Waals surface area contributed by atoms with Crippen molar-refractivity contribution in [2.45, 2.75) is 69.7 Å².